The Kier molecular flexibility index (Phi) is 5.60. The molecule has 0 fully saturated rings. The lowest BCUT2D eigenvalue weighted by Crippen LogP contribution is -1.97. The third-order valence-corrected chi connectivity index (χ3v) is 4.29. The van der Waals surface area contributed by atoms with Crippen LogP contribution in [0.5, 0.6) is 11.6 Å². The minimum absolute atomic E-state index is 0.267. The van der Waals surface area contributed by atoms with Crippen LogP contribution in [-0.2, 0) is 12.2 Å². The molecule has 3 nitrogen and oxygen atoms in total. The lowest BCUT2D eigenvalue weighted by atomic mass is 10.2. The van der Waals surface area contributed by atoms with Crippen LogP contribution in [0.25, 0.3) is 0 Å². The molecular weight excluding hydrogens is 342 g/mol. The molecule has 3 rings (SSSR count). The molecule has 0 unspecified atom stereocenters. The highest BCUT2D eigenvalue weighted by Gasteiger charge is 2.08. The molecule has 0 saturated carbocycles. The van der Waals surface area contributed by atoms with Crippen molar-refractivity contribution < 1.29 is 13.5 Å². The summed E-state index contributed by atoms with van der Waals surface area (Å²) < 4.78 is 32.2. The summed E-state index contributed by atoms with van der Waals surface area (Å²) in [4.78, 5) is 8.81. The van der Waals surface area contributed by atoms with E-state index in [0.717, 1.165) is 17.7 Å². The Morgan fingerprint density at radius 1 is 0.960 bits per heavy atom. The summed E-state index contributed by atoms with van der Waals surface area (Å²) in [6.07, 6.45) is 0.718. The van der Waals surface area contributed by atoms with Crippen molar-refractivity contribution in [3.8, 4) is 11.6 Å². The lowest BCUT2D eigenvalue weighted by Gasteiger charge is -2.08. The number of hydrogen-bond acceptors (Lipinski definition) is 4. The fraction of sp³-hybridized carbons (Fsp3) is 0.158. The molecule has 0 amide bonds. The van der Waals surface area contributed by atoms with E-state index in [-0.39, 0.29) is 11.6 Å². The second-order valence-electron chi connectivity index (χ2n) is 5.31. The van der Waals surface area contributed by atoms with E-state index >= 15 is 0 Å². The zero-order valence-electron chi connectivity index (χ0n) is 13.6. The summed E-state index contributed by atoms with van der Waals surface area (Å²) in [6.45, 7) is 1.98. The molecule has 6 heteroatoms. The van der Waals surface area contributed by atoms with Crippen LogP contribution in [0.4, 0.5) is 8.78 Å². The van der Waals surface area contributed by atoms with Gasteiger partial charge in [-0.15, -0.1) is 0 Å². The van der Waals surface area contributed by atoms with Gasteiger partial charge in [-0.25, -0.2) is 13.8 Å². The van der Waals surface area contributed by atoms with Gasteiger partial charge in [-0.3, -0.25) is 0 Å². The Labute approximate surface area is 149 Å². The van der Waals surface area contributed by atoms with Gasteiger partial charge in [-0.2, -0.15) is 4.98 Å². The predicted molar refractivity (Wildman–Crippen MR) is 93.8 cm³/mol. The molecule has 0 aliphatic carbocycles. The normalized spacial score (nSPS) is 10.7. The van der Waals surface area contributed by atoms with Gasteiger partial charge in [-0.05, 0) is 36.2 Å². The van der Waals surface area contributed by atoms with Crippen molar-refractivity contribution >= 4 is 11.8 Å². The zero-order chi connectivity index (χ0) is 17.6. The van der Waals surface area contributed by atoms with E-state index in [1.54, 1.807) is 24.3 Å². The zero-order valence-corrected chi connectivity index (χ0v) is 14.4. The Balaban J connectivity index is 1.77. The van der Waals surface area contributed by atoms with Crippen LogP contribution < -0.4 is 4.74 Å². The smallest absolute Gasteiger partial charge is 0.223 e. The third kappa shape index (κ3) is 5.00. The summed E-state index contributed by atoms with van der Waals surface area (Å²) in [7, 11) is 0. The highest BCUT2D eigenvalue weighted by Crippen LogP contribution is 2.26. The van der Waals surface area contributed by atoms with Crippen molar-refractivity contribution in [3.05, 3.63) is 77.5 Å². The van der Waals surface area contributed by atoms with E-state index in [4.69, 9.17) is 4.74 Å². The maximum Gasteiger partial charge on any atom is 0.223 e. The van der Waals surface area contributed by atoms with Gasteiger partial charge in [0.2, 0.25) is 5.88 Å². The van der Waals surface area contributed by atoms with Gasteiger partial charge in [-0.1, -0.05) is 36.9 Å². The molecular formula is C19H16F2N2OS. The van der Waals surface area contributed by atoms with Crippen molar-refractivity contribution in [1.29, 1.82) is 0 Å². The summed E-state index contributed by atoms with van der Waals surface area (Å²) in [5.41, 5.74) is 1.67. The van der Waals surface area contributed by atoms with Crippen LogP contribution in [-0.4, -0.2) is 9.97 Å². The average Bonchev–Trinajstić information content (AvgIpc) is 2.60. The minimum Gasteiger partial charge on any atom is -0.439 e. The summed E-state index contributed by atoms with van der Waals surface area (Å²) >= 11 is 1.40. The van der Waals surface area contributed by atoms with Gasteiger partial charge < -0.3 is 4.74 Å². The van der Waals surface area contributed by atoms with Gasteiger partial charge in [0.05, 0.1) is 0 Å². The molecule has 1 heterocycles. The maximum absolute atomic E-state index is 13.3. The predicted octanol–water partition coefficient (Wildman–Crippen LogP) is 5.40. The second-order valence-corrected chi connectivity index (χ2v) is 6.25. The molecule has 0 aliphatic rings. The first kappa shape index (κ1) is 17.4. The van der Waals surface area contributed by atoms with E-state index in [2.05, 4.69) is 9.97 Å². The highest BCUT2D eigenvalue weighted by atomic mass is 32.2. The topological polar surface area (TPSA) is 35.0 Å². The average molecular weight is 358 g/mol. The maximum atomic E-state index is 13.3. The van der Waals surface area contributed by atoms with Crippen molar-refractivity contribution in [2.24, 2.45) is 0 Å². The number of nitrogens with zero attached hydrogens (tertiary/aromatic N) is 2. The minimum atomic E-state index is -0.372. The van der Waals surface area contributed by atoms with Gasteiger partial charge >= 0.3 is 0 Å². The van der Waals surface area contributed by atoms with Gasteiger partial charge in [0, 0.05) is 23.6 Å². The number of hydrogen-bond donors (Lipinski definition) is 0. The number of aromatic nitrogens is 2. The van der Waals surface area contributed by atoms with Crippen molar-refractivity contribution in [2.75, 3.05) is 0 Å². The molecule has 0 spiro atoms. The number of halogens is 2. The number of rotatable bonds is 6. The molecule has 0 saturated heterocycles. The summed E-state index contributed by atoms with van der Waals surface area (Å²) in [6, 6.07) is 14.0. The van der Waals surface area contributed by atoms with Crippen molar-refractivity contribution in [2.45, 2.75) is 24.3 Å². The van der Waals surface area contributed by atoms with Crippen LogP contribution >= 0.6 is 11.8 Å². The molecule has 0 radical (unpaired) electrons. The first-order chi connectivity index (χ1) is 12.1. The summed E-state index contributed by atoms with van der Waals surface area (Å²) in [5.74, 6) is 0.644. The summed E-state index contributed by atoms with van der Waals surface area (Å²) in [5, 5.41) is 0.537. The van der Waals surface area contributed by atoms with Gasteiger partial charge in [0.15, 0.2) is 5.16 Å². The van der Waals surface area contributed by atoms with Crippen LogP contribution in [0.2, 0.25) is 0 Å². The molecule has 25 heavy (non-hydrogen) atoms. The van der Waals surface area contributed by atoms with E-state index < -0.39 is 0 Å². The van der Waals surface area contributed by atoms with E-state index in [1.165, 1.54) is 36.0 Å². The second kappa shape index (κ2) is 8.07. The number of benzene rings is 2. The first-order valence-corrected chi connectivity index (χ1v) is 8.79. The van der Waals surface area contributed by atoms with Crippen LogP contribution in [0.15, 0.2) is 59.8 Å². The van der Waals surface area contributed by atoms with Crippen LogP contribution in [0.3, 0.4) is 0 Å². The molecule has 0 aliphatic heterocycles. The van der Waals surface area contributed by atoms with E-state index in [1.807, 2.05) is 13.0 Å². The van der Waals surface area contributed by atoms with E-state index in [9.17, 15) is 8.78 Å². The van der Waals surface area contributed by atoms with Crippen molar-refractivity contribution in [1.82, 2.24) is 9.97 Å². The number of aryl methyl sites for hydroxylation is 1. The van der Waals surface area contributed by atoms with Crippen molar-refractivity contribution in [3.63, 3.8) is 0 Å². The molecule has 2 aromatic carbocycles. The quantitative estimate of drug-likeness (QED) is 0.436. The molecule has 128 valence electrons. The fourth-order valence-corrected chi connectivity index (χ4v) is 2.98. The number of thioether (sulfide) groups is 1. The van der Waals surface area contributed by atoms with Crippen LogP contribution in [0, 0.1) is 11.6 Å². The monoisotopic (exact) mass is 358 g/mol. The van der Waals surface area contributed by atoms with E-state index in [0.29, 0.717) is 22.5 Å². The number of ether oxygens (including phenoxy) is 1. The Morgan fingerprint density at radius 3 is 2.44 bits per heavy atom. The van der Waals surface area contributed by atoms with Crippen LogP contribution in [0.1, 0.15) is 18.2 Å². The largest absolute Gasteiger partial charge is 0.439 e. The van der Waals surface area contributed by atoms with Gasteiger partial charge in [0.1, 0.15) is 17.4 Å². The van der Waals surface area contributed by atoms with Gasteiger partial charge in [0.25, 0.3) is 0 Å². The Hall–Kier alpha value is -2.47. The fourth-order valence-electron chi connectivity index (χ4n) is 2.17. The molecule has 0 atom stereocenters. The molecule has 0 bridgehead atoms. The third-order valence-electron chi connectivity index (χ3n) is 3.37. The molecule has 3 aromatic rings. The Morgan fingerprint density at radius 2 is 1.72 bits per heavy atom. The Bertz CT molecular complexity index is 874. The standard InChI is InChI=1S/C19H16F2N2OS/c1-2-16-11-18(24-17-8-4-7-15(21)10-17)23-19(22-16)25-12-13-5-3-6-14(20)9-13/h3-11H,2,12H2,1H3. The SMILES string of the molecule is CCc1cc(Oc2cccc(F)c2)nc(SCc2cccc(F)c2)n1. The lowest BCUT2D eigenvalue weighted by molar-refractivity contribution is 0.449. The molecule has 0 N–H and O–H groups in total. The highest BCUT2D eigenvalue weighted by molar-refractivity contribution is 7.98. The first-order valence-electron chi connectivity index (χ1n) is 7.81. The molecule has 1 aromatic heterocycles.